The highest BCUT2D eigenvalue weighted by Gasteiger charge is 2.49. The number of nitrogens with one attached hydrogen (secondary N) is 1. The average Bonchev–Trinajstić information content (AvgIpc) is 3.14. The first-order chi connectivity index (χ1) is 13.3. The average molecular weight is 380 g/mol. The van der Waals surface area contributed by atoms with Gasteiger partial charge in [-0.2, -0.15) is 5.26 Å². The molecule has 6 nitrogen and oxygen atoms in total. The van der Waals surface area contributed by atoms with Gasteiger partial charge in [-0.15, -0.1) is 0 Å². The molecule has 28 heavy (non-hydrogen) atoms. The van der Waals surface area contributed by atoms with Gasteiger partial charge >= 0.3 is 6.03 Å². The maximum Gasteiger partial charge on any atom is 0.325 e. The SMILES string of the molecule is CC1(c2ccc(F)c(F)c2)NC(=O)N(Cc2cn3ccccc3c2C#N)C1=O. The fourth-order valence-corrected chi connectivity index (χ4v) is 3.44. The van der Waals surface area contributed by atoms with Crippen molar-refractivity contribution in [3.05, 3.63) is 77.1 Å². The van der Waals surface area contributed by atoms with Gasteiger partial charge in [-0.05, 0) is 36.8 Å². The van der Waals surface area contributed by atoms with Crippen LogP contribution < -0.4 is 5.32 Å². The number of nitrogens with zero attached hydrogens (tertiary/aromatic N) is 3. The van der Waals surface area contributed by atoms with Crippen molar-refractivity contribution in [2.24, 2.45) is 0 Å². The Hall–Kier alpha value is -3.73. The number of halogens is 2. The highest BCUT2D eigenvalue weighted by Crippen LogP contribution is 2.31. The van der Waals surface area contributed by atoms with E-state index >= 15 is 0 Å². The maximum atomic E-state index is 13.6. The molecule has 3 aromatic rings. The molecule has 1 atom stereocenters. The quantitative estimate of drug-likeness (QED) is 0.710. The Morgan fingerprint density at radius 3 is 2.68 bits per heavy atom. The van der Waals surface area contributed by atoms with Gasteiger partial charge in [0.15, 0.2) is 11.6 Å². The fraction of sp³-hybridized carbons (Fsp3) is 0.150. The molecule has 140 valence electrons. The van der Waals surface area contributed by atoms with E-state index in [1.165, 1.54) is 13.0 Å². The molecule has 1 N–H and O–H groups in total. The molecule has 2 aromatic heterocycles. The number of amides is 3. The summed E-state index contributed by atoms with van der Waals surface area (Å²) in [5.41, 5.74) is 0.136. The molecule has 4 rings (SSSR count). The largest absolute Gasteiger partial charge is 0.325 e. The summed E-state index contributed by atoms with van der Waals surface area (Å²) in [6, 6.07) is 9.84. The Morgan fingerprint density at radius 1 is 1.18 bits per heavy atom. The zero-order chi connectivity index (χ0) is 20.1. The number of urea groups is 1. The van der Waals surface area contributed by atoms with Gasteiger partial charge in [0.2, 0.25) is 0 Å². The molecule has 1 aromatic carbocycles. The van der Waals surface area contributed by atoms with Crippen molar-refractivity contribution in [3.63, 3.8) is 0 Å². The van der Waals surface area contributed by atoms with Crippen LogP contribution in [0.15, 0.2) is 48.8 Å². The van der Waals surface area contributed by atoms with E-state index in [0.29, 0.717) is 16.6 Å². The molecular weight excluding hydrogens is 366 g/mol. The van der Waals surface area contributed by atoms with Gasteiger partial charge in [-0.3, -0.25) is 9.69 Å². The molecular formula is C20H14F2N4O2. The van der Waals surface area contributed by atoms with Gasteiger partial charge < -0.3 is 9.72 Å². The Balaban J connectivity index is 1.71. The molecule has 3 heterocycles. The minimum Gasteiger partial charge on any atom is -0.322 e. The summed E-state index contributed by atoms with van der Waals surface area (Å²) < 4.78 is 28.6. The highest BCUT2D eigenvalue weighted by atomic mass is 19.2. The summed E-state index contributed by atoms with van der Waals surface area (Å²) in [5, 5.41) is 12.0. The normalized spacial score (nSPS) is 19.1. The van der Waals surface area contributed by atoms with Crippen molar-refractivity contribution < 1.29 is 18.4 Å². The number of fused-ring (bicyclic) bond motifs is 1. The Bertz CT molecular complexity index is 1180. The molecule has 1 saturated heterocycles. The first-order valence-corrected chi connectivity index (χ1v) is 8.43. The maximum absolute atomic E-state index is 13.6. The lowest BCUT2D eigenvalue weighted by atomic mass is 9.92. The summed E-state index contributed by atoms with van der Waals surface area (Å²) in [4.78, 5) is 26.4. The van der Waals surface area contributed by atoms with Gasteiger partial charge in [0.1, 0.15) is 11.6 Å². The molecule has 0 saturated carbocycles. The van der Waals surface area contributed by atoms with Gasteiger partial charge in [0.05, 0.1) is 17.6 Å². The van der Waals surface area contributed by atoms with E-state index in [0.717, 1.165) is 17.0 Å². The topological polar surface area (TPSA) is 77.6 Å². The smallest absolute Gasteiger partial charge is 0.322 e. The second-order valence-corrected chi connectivity index (χ2v) is 6.71. The third-order valence-electron chi connectivity index (χ3n) is 4.97. The van der Waals surface area contributed by atoms with E-state index < -0.39 is 29.1 Å². The van der Waals surface area contributed by atoms with Crippen LogP contribution in [-0.4, -0.2) is 21.2 Å². The molecule has 3 amide bonds. The predicted molar refractivity (Wildman–Crippen MR) is 94.9 cm³/mol. The third kappa shape index (κ3) is 2.52. The van der Waals surface area contributed by atoms with E-state index in [4.69, 9.17) is 0 Å². The van der Waals surface area contributed by atoms with E-state index in [1.54, 1.807) is 35.0 Å². The molecule has 1 unspecified atom stereocenters. The number of pyridine rings is 1. The van der Waals surface area contributed by atoms with Crippen LogP contribution in [0, 0.1) is 23.0 Å². The second-order valence-electron chi connectivity index (χ2n) is 6.71. The molecule has 8 heteroatoms. The Morgan fingerprint density at radius 2 is 1.96 bits per heavy atom. The van der Waals surface area contributed by atoms with Gasteiger partial charge in [0.25, 0.3) is 5.91 Å². The lowest BCUT2D eigenvalue weighted by Crippen LogP contribution is -2.41. The minimum atomic E-state index is -1.53. The van der Waals surface area contributed by atoms with Gasteiger partial charge in [0, 0.05) is 18.0 Å². The van der Waals surface area contributed by atoms with E-state index in [2.05, 4.69) is 11.4 Å². The van der Waals surface area contributed by atoms with Crippen LogP contribution in [-0.2, 0) is 16.9 Å². The van der Waals surface area contributed by atoms with Crippen LogP contribution >= 0.6 is 0 Å². The number of hydrogen-bond acceptors (Lipinski definition) is 3. The molecule has 1 aliphatic heterocycles. The predicted octanol–water partition coefficient (Wildman–Crippen LogP) is 3.06. The molecule has 0 radical (unpaired) electrons. The number of rotatable bonds is 3. The first-order valence-electron chi connectivity index (χ1n) is 8.43. The summed E-state index contributed by atoms with van der Waals surface area (Å²) in [7, 11) is 0. The van der Waals surface area contributed by atoms with E-state index in [1.807, 2.05) is 0 Å². The van der Waals surface area contributed by atoms with Crippen molar-refractivity contribution in [2.45, 2.75) is 19.0 Å². The van der Waals surface area contributed by atoms with Crippen LogP contribution in [0.2, 0.25) is 0 Å². The van der Waals surface area contributed by atoms with Crippen molar-refractivity contribution >= 4 is 17.5 Å². The first kappa shape index (κ1) is 17.7. The summed E-state index contributed by atoms with van der Waals surface area (Å²) in [6.07, 6.45) is 3.44. The van der Waals surface area contributed by atoms with Crippen molar-refractivity contribution in [1.29, 1.82) is 5.26 Å². The zero-order valence-electron chi connectivity index (χ0n) is 14.7. The number of carbonyl (C=O) groups excluding carboxylic acids is 2. The number of imide groups is 1. The van der Waals surface area contributed by atoms with Crippen LogP contribution in [0.3, 0.4) is 0 Å². The van der Waals surface area contributed by atoms with Crippen molar-refractivity contribution in [1.82, 2.24) is 14.6 Å². The van der Waals surface area contributed by atoms with Crippen LogP contribution in [0.1, 0.15) is 23.6 Å². The highest BCUT2D eigenvalue weighted by molar-refractivity contribution is 6.07. The molecule has 1 aliphatic rings. The molecule has 1 fully saturated rings. The van der Waals surface area contributed by atoms with Crippen molar-refractivity contribution in [3.8, 4) is 6.07 Å². The Labute approximate surface area is 158 Å². The molecule has 0 bridgehead atoms. The Kier molecular flexibility index (Phi) is 3.89. The summed E-state index contributed by atoms with van der Waals surface area (Å²) >= 11 is 0. The van der Waals surface area contributed by atoms with E-state index in [-0.39, 0.29) is 12.1 Å². The summed E-state index contributed by atoms with van der Waals surface area (Å²) in [6.45, 7) is 1.32. The minimum absolute atomic E-state index is 0.117. The lowest BCUT2D eigenvalue weighted by Gasteiger charge is -2.22. The molecule has 0 aliphatic carbocycles. The standard InChI is InChI=1S/C20H14F2N4O2/c1-20(13-5-6-15(21)16(22)8-13)18(27)26(19(28)24-20)11-12-10-25-7-3-2-4-17(25)14(12)9-23/h2-8,10H,11H2,1H3,(H,24,28). The fourth-order valence-electron chi connectivity index (χ4n) is 3.44. The van der Waals surface area contributed by atoms with Crippen molar-refractivity contribution in [2.75, 3.05) is 0 Å². The number of nitriles is 1. The van der Waals surface area contributed by atoms with Gasteiger partial charge in [-0.25, -0.2) is 13.6 Å². The van der Waals surface area contributed by atoms with E-state index in [9.17, 15) is 23.6 Å². The van der Waals surface area contributed by atoms with Crippen LogP contribution in [0.25, 0.3) is 5.52 Å². The molecule has 0 spiro atoms. The third-order valence-corrected chi connectivity index (χ3v) is 4.97. The number of aromatic nitrogens is 1. The zero-order valence-corrected chi connectivity index (χ0v) is 14.7. The second kappa shape index (κ2) is 6.16. The van der Waals surface area contributed by atoms with Crippen LogP contribution in [0.4, 0.5) is 13.6 Å². The number of benzene rings is 1. The monoisotopic (exact) mass is 380 g/mol. The number of carbonyl (C=O) groups is 2. The van der Waals surface area contributed by atoms with Crippen LogP contribution in [0.5, 0.6) is 0 Å². The lowest BCUT2D eigenvalue weighted by molar-refractivity contribution is -0.131. The summed E-state index contributed by atoms with van der Waals surface area (Å²) in [5.74, 6) is -2.76. The van der Waals surface area contributed by atoms with Gasteiger partial charge in [-0.1, -0.05) is 12.1 Å². The number of hydrogen-bond donors (Lipinski definition) is 1.